The smallest absolute Gasteiger partial charge is 0.550 e. The molecule has 8 heteroatoms. The van der Waals surface area contributed by atoms with E-state index in [4.69, 9.17) is 4.74 Å². The molecule has 29 heavy (non-hydrogen) atoms. The minimum absolute atomic E-state index is 0. The SMILES string of the molecule is COc1ccc(S(=O)(=O)N[C@H]2C3CC[C@H](C3)[C@@H]2C/C=C\CCCC(=O)[O-])cc1.[Na+]. The average Bonchev–Trinajstić information content (AvgIpc) is 3.26. The van der Waals surface area contributed by atoms with E-state index in [0.29, 0.717) is 36.3 Å². The molecule has 3 rings (SSSR count). The van der Waals surface area contributed by atoms with Gasteiger partial charge in [0.05, 0.1) is 12.0 Å². The van der Waals surface area contributed by atoms with Crippen LogP contribution < -0.4 is 44.1 Å². The van der Waals surface area contributed by atoms with Crippen molar-refractivity contribution in [2.75, 3.05) is 7.11 Å². The molecule has 6 nitrogen and oxygen atoms in total. The minimum Gasteiger partial charge on any atom is -0.550 e. The van der Waals surface area contributed by atoms with Crippen LogP contribution in [0.15, 0.2) is 41.3 Å². The fourth-order valence-electron chi connectivity index (χ4n) is 4.67. The summed E-state index contributed by atoms with van der Waals surface area (Å²) in [6, 6.07) is 6.41. The van der Waals surface area contributed by atoms with Crippen molar-refractivity contribution in [1.82, 2.24) is 4.72 Å². The van der Waals surface area contributed by atoms with Gasteiger partial charge >= 0.3 is 29.6 Å². The van der Waals surface area contributed by atoms with Crippen molar-refractivity contribution in [2.24, 2.45) is 17.8 Å². The molecule has 4 atom stereocenters. The van der Waals surface area contributed by atoms with Crippen molar-refractivity contribution in [3.63, 3.8) is 0 Å². The first kappa shape index (κ1) is 24.4. The Kier molecular flexibility index (Phi) is 9.22. The zero-order valence-electron chi connectivity index (χ0n) is 17.2. The first-order valence-electron chi connectivity index (χ1n) is 9.92. The molecule has 0 spiro atoms. The monoisotopic (exact) mass is 429 g/mol. The molecule has 1 N–H and O–H groups in total. The molecule has 0 radical (unpaired) electrons. The van der Waals surface area contributed by atoms with E-state index in [1.54, 1.807) is 31.4 Å². The Bertz CT molecular complexity index is 809. The molecule has 1 aromatic rings. The number of allylic oxidation sites excluding steroid dienone is 2. The molecule has 2 fully saturated rings. The molecule has 0 saturated heterocycles. The number of carbonyl (C=O) groups excluding carboxylic acids is 1. The molecule has 0 aliphatic heterocycles. The normalized spacial score (nSPS) is 25.8. The van der Waals surface area contributed by atoms with Gasteiger partial charge in [-0.3, -0.25) is 0 Å². The van der Waals surface area contributed by atoms with E-state index in [1.807, 2.05) is 6.08 Å². The Hall–Kier alpha value is -0.860. The molecule has 1 aromatic carbocycles. The Morgan fingerprint density at radius 3 is 2.55 bits per heavy atom. The fraction of sp³-hybridized carbons (Fsp3) is 0.571. The molecule has 154 valence electrons. The van der Waals surface area contributed by atoms with Crippen LogP contribution in [0.5, 0.6) is 5.75 Å². The summed E-state index contributed by atoms with van der Waals surface area (Å²) in [7, 11) is -2.03. The standard InChI is InChI=1S/C21H29NO5S.Na/c1-27-17-10-12-18(13-11-17)28(25,26)22-21-16-9-8-15(14-16)19(21)6-4-2-3-5-7-20(23)24;/h2,4,10-13,15-16,19,21-22H,3,5-9,14H2,1H3,(H,23,24);/q;+1/p-1/b4-2-;/t15-,16?,19+,21+;/m1./s1. The number of carbonyl (C=O) groups is 1. The van der Waals surface area contributed by atoms with Crippen molar-refractivity contribution in [3.8, 4) is 5.75 Å². The largest absolute Gasteiger partial charge is 1.00 e. The number of methoxy groups -OCH3 is 1. The van der Waals surface area contributed by atoms with E-state index in [2.05, 4.69) is 10.8 Å². The predicted octanol–water partition coefficient (Wildman–Crippen LogP) is -0.741. The van der Waals surface area contributed by atoms with Crippen LogP contribution in [-0.2, 0) is 14.8 Å². The minimum atomic E-state index is -3.57. The maximum Gasteiger partial charge on any atom is 1.00 e. The second kappa shape index (κ2) is 11.0. The van der Waals surface area contributed by atoms with Gasteiger partial charge in [-0.15, -0.1) is 0 Å². The third-order valence-electron chi connectivity index (χ3n) is 6.08. The number of rotatable bonds is 10. The van der Waals surface area contributed by atoms with Crippen LogP contribution in [0.2, 0.25) is 0 Å². The molecule has 0 aromatic heterocycles. The predicted molar refractivity (Wildman–Crippen MR) is 104 cm³/mol. The van der Waals surface area contributed by atoms with Gasteiger partial charge in [0.2, 0.25) is 10.0 Å². The Morgan fingerprint density at radius 1 is 1.21 bits per heavy atom. The first-order chi connectivity index (χ1) is 13.4. The molecule has 2 bridgehead atoms. The number of carboxylic acid groups (broad SMARTS) is 1. The number of fused-ring (bicyclic) bond motifs is 2. The molecule has 1 unspecified atom stereocenters. The number of ether oxygens (including phenoxy) is 1. The first-order valence-corrected chi connectivity index (χ1v) is 11.4. The van der Waals surface area contributed by atoms with Gasteiger partial charge in [-0.2, -0.15) is 0 Å². The molecule has 0 amide bonds. The molecule has 2 aliphatic rings. The van der Waals surface area contributed by atoms with Gasteiger partial charge < -0.3 is 14.6 Å². The van der Waals surface area contributed by atoms with Gasteiger partial charge in [0.25, 0.3) is 0 Å². The Labute approximate surface area is 195 Å². The maximum absolute atomic E-state index is 12.9. The third kappa shape index (κ3) is 6.31. The summed E-state index contributed by atoms with van der Waals surface area (Å²) in [5, 5.41) is 10.4. The number of aliphatic carboxylic acids is 1. The quantitative estimate of drug-likeness (QED) is 0.300. The van der Waals surface area contributed by atoms with Crippen LogP contribution in [0.1, 0.15) is 44.9 Å². The number of benzene rings is 1. The number of carboxylic acids is 1. The second-order valence-electron chi connectivity index (χ2n) is 7.79. The van der Waals surface area contributed by atoms with Gasteiger partial charge in [-0.25, -0.2) is 13.1 Å². The average molecular weight is 430 g/mol. The Balaban J connectivity index is 0.00000300. The summed E-state index contributed by atoms with van der Waals surface area (Å²) < 4.78 is 33.8. The topological polar surface area (TPSA) is 95.5 Å². The summed E-state index contributed by atoms with van der Waals surface area (Å²) in [4.78, 5) is 10.7. The number of hydrogen-bond donors (Lipinski definition) is 1. The second-order valence-corrected chi connectivity index (χ2v) is 9.50. The van der Waals surface area contributed by atoms with Crippen LogP contribution in [0.4, 0.5) is 0 Å². The van der Waals surface area contributed by atoms with Crippen LogP contribution in [0.25, 0.3) is 0 Å². The molecule has 2 saturated carbocycles. The zero-order chi connectivity index (χ0) is 20.1. The van der Waals surface area contributed by atoms with Crippen molar-refractivity contribution in [1.29, 1.82) is 0 Å². The van der Waals surface area contributed by atoms with Crippen LogP contribution in [0.3, 0.4) is 0 Å². The molecule has 2 aliphatic carbocycles. The van der Waals surface area contributed by atoms with Crippen molar-refractivity contribution < 1.29 is 52.6 Å². The van der Waals surface area contributed by atoms with E-state index in [-0.39, 0.29) is 46.9 Å². The number of sulfonamides is 1. The summed E-state index contributed by atoms with van der Waals surface area (Å²) in [5.74, 6) is 0.857. The van der Waals surface area contributed by atoms with Gasteiger partial charge in [0, 0.05) is 12.0 Å². The van der Waals surface area contributed by atoms with Gasteiger partial charge in [-0.05, 0) is 87.0 Å². The van der Waals surface area contributed by atoms with E-state index < -0.39 is 16.0 Å². The van der Waals surface area contributed by atoms with Crippen molar-refractivity contribution >= 4 is 16.0 Å². The van der Waals surface area contributed by atoms with E-state index in [1.165, 1.54) is 0 Å². The van der Waals surface area contributed by atoms with E-state index in [0.717, 1.165) is 25.7 Å². The van der Waals surface area contributed by atoms with Gasteiger partial charge in [0.1, 0.15) is 5.75 Å². The Morgan fingerprint density at radius 2 is 1.90 bits per heavy atom. The van der Waals surface area contributed by atoms with Crippen molar-refractivity contribution in [3.05, 3.63) is 36.4 Å². The number of unbranched alkanes of at least 4 members (excludes halogenated alkanes) is 1. The van der Waals surface area contributed by atoms with Gasteiger partial charge in [0.15, 0.2) is 0 Å². The van der Waals surface area contributed by atoms with Crippen LogP contribution in [-0.4, -0.2) is 27.5 Å². The summed E-state index contributed by atoms with van der Waals surface area (Å²) in [6.07, 6.45) is 9.57. The van der Waals surface area contributed by atoms with E-state index >= 15 is 0 Å². The zero-order valence-corrected chi connectivity index (χ0v) is 20.0. The summed E-state index contributed by atoms with van der Waals surface area (Å²) in [6.45, 7) is 0. The van der Waals surface area contributed by atoms with Crippen LogP contribution in [0, 0.1) is 17.8 Å². The molecular weight excluding hydrogens is 401 g/mol. The van der Waals surface area contributed by atoms with E-state index in [9.17, 15) is 18.3 Å². The molecular formula is C21H28NNaO5S. The molecule has 0 heterocycles. The maximum atomic E-state index is 12.9. The van der Waals surface area contributed by atoms with Gasteiger partial charge in [-0.1, -0.05) is 12.2 Å². The number of nitrogens with one attached hydrogen (secondary N) is 1. The summed E-state index contributed by atoms with van der Waals surface area (Å²) >= 11 is 0. The number of hydrogen-bond acceptors (Lipinski definition) is 5. The van der Waals surface area contributed by atoms with Crippen LogP contribution >= 0.6 is 0 Å². The van der Waals surface area contributed by atoms with Crippen molar-refractivity contribution in [2.45, 2.75) is 55.9 Å². The third-order valence-corrected chi connectivity index (χ3v) is 7.55. The summed E-state index contributed by atoms with van der Waals surface area (Å²) in [5.41, 5.74) is 0. The fourth-order valence-corrected chi connectivity index (χ4v) is 6.03.